The lowest BCUT2D eigenvalue weighted by molar-refractivity contribution is 0.327. The SMILES string of the molecule is CCC(C)(C)CNCc1c(C)noc1C. The van der Waals surface area contributed by atoms with Crippen LogP contribution in [0.25, 0.3) is 0 Å². The van der Waals surface area contributed by atoms with E-state index in [2.05, 4.69) is 31.2 Å². The molecule has 1 aromatic rings. The van der Waals surface area contributed by atoms with Gasteiger partial charge in [-0.2, -0.15) is 0 Å². The van der Waals surface area contributed by atoms with Gasteiger partial charge >= 0.3 is 0 Å². The van der Waals surface area contributed by atoms with Crippen LogP contribution in [0.5, 0.6) is 0 Å². The van der Waals surface area contributed by atoms with Crippen molar-refractivity contribution in [2.45, 2.75) is 47.6 Å². The summed E-state index contributed by atoms with van der Waals surface area (Å²) >= 11 is 0. The molecule has 0 aliphatic heterocycles. The van der Waals surface area contributed by atoms with E-state index in [9.17, 15) is 0 Å². The molecule has 1 rings (SSSR count). The molecule has 0 amide bonds. The van der Waals surface area contributed by atoms with Gasteiger partial charge in [-0.1, -0.05) is 25.9 Å². The Balaban J connectivity index is 2.45. The van der Waals surface area contributed by atoms with E-state index in [1.165, 1.54) is 12.0 Å². The van der Waals surface area contributed by atoms with Crippen LogP contribution in [-0.4, -0.2) is 11.7 Å². The number of hydrogen-bond acceptors (Lipinski definition) is 3. The topological polar surface area (TPSA) is 38.1 Å². The predicted octanol–water partition coefficient (Wildman–Crippen LogP) is 2.82. The minimum Gasteiger partial charge on any atom is -0.361 e. The molecule has 86 valence electrons. The fourth-order valence-electron chi connectivity index (χ4n) is 1.41. The molecule has 0 aromatic carbocycles. The first kappa shape index (κ1) is 12.2. The van der Waals surface area contributed by atoms with Crippen LogP contribution in [-0.2, 0) is 6.54 Å². The molecule has 0 saturated carbocycles. The number of rotatable bonds is 5. The molecule has 0 spiro atoms. The van der Waals surface area contributed by atoms with E-state index in [1.54, 1.807) is 0 Å². The van der Waals surface area contributed by atoms with Crippen molar-refractivity contribution in [2.75, 3.05) is 6.54 Å². The molecular weight excluding hydrogens is 188 g/mol. The van der Waals surface area contributed by atoms with Crippen molar-refractivity contribution in [3.8, 4) is 0 Å². The van der Waals surface area contributed by atoms with Gasteiger partial charge in [-0.05, 0) is 25.7 Å². The van der Waals surface area contributed by atoms with Crippen LogP contribution < -0.4 is 5.32 Å². The van der Waals surface area contributed by atoms with E-state index >= 15 is 0 Å². The second kappa shape index (κ2) is 4.79. The van der Waals surface area contributed by atoms with Crippen LogP contribution >= 0.6 is 0 Å². The highest BCUT2D eigenvalue weighted by molar-refractivity contribution is 5.20. The zero-order valence-electron chi connectivity index (χ0n) is 10.5. The molecule has 1 aromatic heterocycles. The molecule has 0 unspecified atom stereocenters. The third kappa shape index (κ3) is 3.34. The molecule has 0 radical (unpaired) electrons. The van der Waals surface area contributed by atoms with Crippen molar-refractivity contribution in [3.63, 3.8) is 0 Å². The van der Waals surface area contributed by atoms with Gasteiger partial charge in [-0.3, -0.25) is 0 Å². The van der Waals surface area contributed by atoms with Gasteiger partial charge < -0.3 is 9.84 Å². The lowest BCUT2D eigenvalue weighted by Crippen LogP contribution is -2.28. The Morgan fingerprint density at radius 2 is 2.00 bits per heavy atom. The third-order valence-corrected chi connectivity index (χ3v) is 3.04. The fourth-order valence-corrected chi connectivity index (χ4v) is 1.41. The molecular formula is C12H22N2O. The Morgan fingerprint density at radius 1 is 1.33 bits per heavy atom. The predicted molar refractivity (Wildman–Crippen MR) is 61.8 cm³/mol. The summed E-state index contributed by atoms with van der Waals surface area (Å²) in [5.74, 6) is 0.925. The summed E-state index contributed by atoms with van der Waals surface area (Å²) in [7, 11) is 0. The highest BCUT2D eigenvalue weighted by Gasteiger charge is 2.15. The lowest BCUT2D eigenvalue weighted by atomic mass is 9.90. The summed E-state index contributed by atoms with van der Waals surface area (Å²) in [6, 6.07) is 0. The molecule has 0 bridgehead atoms. The molecule has 3 heteroatoms. The lowest BCUT2D eigenvalue weighted by Gasteiger charge is -2.22. The van der Waals surface area contributed by atoms with Crippen LogP contribution in [0, 0.1) is 19.3 Å². The highest BCUT2D eigenvalue weighted by atomic mass is 16.5. The molecule has 1 N–H and O–H groups in total. The van der Waals surface area contributed by atoms with Crippen LogP contribution in [0.2, 0.25) is 0 Å². The van der Waals surface area contributed by atoms with Gasteiger partial charge in [-0.25, -0.2) is 0 Å². The quantitative estimate of drug-likeness (QED) is 0.812. The van der Waals surface area contributed by atoms with Gasteiger partial charge in [0.1, 0.15) is 5.76 Å². The van der Waals surface area contributed by atoms with Gasteiger partial charge in [0, 0.05) is 18.7 Å². The monoisotopic (exact) mass is 210 g/mol. The summed E-state index contributed by atoms with van der Waals surface area (Å²) in [6.07, 6.45) is 1.18. The minimum absolute atomic E-state index is 0.360. The van der Waals surface area contributed by atoms with E-state index in [4.69, 9.17) is 4.52 Å². The van der Waals surface area contributed by atoms with E-state index < -0.39 is 0 Å². The molecule has 0 fully saturated rings. The second-order valence-electron chi connectivity index (χ2n) is 4.92. The van der Waals surface area contributed by atoms with Crippen molar-refractivity contribution < 1.29 is 4.52 Å². The fraction of sp³-hybridized carbons (Fsp3) is 0.750. The summed E-state index contributed by atoms with van der Waals surface area (Å²) < 4.78 is 5.11. The Morgan fingerprint density at radius 3 is 2.47 bits per heavy atom. The average molecular weight is 210 g/mol. The smallest absolute Gasteiger partial charge is 0.138 e. The molecule has 3 nitrogen and oxygen atoms in total. The zero-order valence-corrected chi connectivity index (χ0v) is 10.5. The van der Waals surface area contributed by atoms with Gasteiger partial charge in [-0.15, -0.1) is 0 Å². The van der Waals surface area contributed by atoms with Gasteiger partial charge in [0.15, 0.2) is 0 Å². The van der Waals surface area contributed by atoms with E-state index in [0.717, 1.165) is 24.5 Å². The first-order chi connectivity index (χ1) is 6.96. The van der Waals surface area contributed by atoms with Crippen LogP contribution in [0.15, 0.2) is 4.52 Å². The first-order valence-corrected chi connectivity index (χ1v) is 5.59. The molecule has 0 saturated heterocycles. The van der Waals surface area contributed by atoms with Crippen LogP contribution in [0.4, 0.5) is 0 Å². The molecule has 15 heavy (non-hydrogen) atoms. The van der Waals surface area contributed by atoms with Crippen molar-refractivity contribution in [2.24, 2.45) is 5.41 Å². The Bertz CT molecular complexity index is 296. The van der Waals surface area contributed by atoms with Crippen molar-refractivity contribution in [3.05, 3.63) is 17.0 Å². The second-order valence-corrected chi connectivity index (χ2v) is 4.92. The normalized spacial score (nSPS) is 12.1. The standard InChI is InChI=1S/C12H22N2O/c1-6-12(4,5)8-13-7-11-9(2)14-15-10(11)3/h13H,6-8H2,1-5H3. The maximum atomic E-state index is 5.11. The van der Waals surface area contributed by atoms with Gasteiger partial charge in [0.2, 0.25) is 0 Å². The summed E-state index contributed by atoms with van der Waals surface area (Å²) in [6.45, 7) is 12.6. The van der Waals surface area contributed by atoms with Gasteiger partial charge in [0.05, 0.1) is 5.69 Å². The van der Waals surface area contributed by atoms with E-state index in [-0.39, 0.29) is 0 Å². The maximum absolute atomic E-state index is 5.11. The number of aryl methyl sites for hydroxylation is 2. The Hall–Kier alpha value is -0.830. The third-order valence-electron chi connectivity index (χ3n) is 3.04. The number of aromatic nitrogens is 1. The van der Waals surface area contributed by atoms with Crippen molar-refractivity contribution in [1.82, 2.24) is 10.5 Å². The number of nitrogens with zero attached hydrogens (tertiary/aromatic N) is 1. The van der Waals surface area contributed by atoms with Gasteiger partial charge in [0.25, 0.3) is 0 Å². The molecule has 1 heterocycles. The minimum atomic E-state index is 0.360. The van der Waals surface area contributed by atoms with Crippen LogP contribution in [0.3, 0.4) is 0 Å². The number of hydrogen-bond donors (Lipinski definition) is 1. The zero-order chi connectivity index (χ0) is 11.5. The molecule has 0 atom stereocenters. The summed E-state index contributed by atoms with van der Waals surface area (Å²) in [4.78, 5) is 0. The first-order valence-electron chi connectivity index (χ1n) is 5.59. The maximum Gasteiger partial charge on any atom is 0.138 e. The summed E-state index contributed by atoms with van der Waals surface area (Å²) in [5.41, 5.74) is 2.55. The van der Waals surface area contributed by atoms with Crippen LogP contribution in [0.1, 0.15) is 44.2 Å². The highest BCUT2D eigenvalue weighted by Crippen LogP contribution is 2.18. The van der Waals surface area contributed by atoms with Crippen molar-refractivity contribution in [1.29, 1.82) is 0 Å². The average Bonchev–Trinajstić information content (AvgIpc) is 2.49. The summed E-state index contributed by atoms with van der Waals surface area (Å²) in [5, 5.41) is 7.40. The van der Waals surface area contributed by atoms with E-state index in [0.29, 0.717) is 5.41 Å². The van der Waals surface area contributed by atoms with Crippen molar-refractivity contribution >= 4 is 0 Å². The Kier molecular flexibility index (Phi) is 3.91. The molecule has 0 aliphatic rings. The molecule has 0 aliphatic carbocycles. The number of nitrogens with one attached hydrogen (secondary N) is 1. The Labute approximate surface area is 92.2 Å². The van der Waals surface area contributed by atoms with E-state index in [1.807, 2.05) is 13.8 Å². The largest absolute Gasteiger partial charge is 0.361 e.